The first-order chi connectivity index (χ1) is 7.86. The Bertz CT molecular complexity index is 665. The molecule has 0 bridgehead atoms. The van der Waals surface area contributed by atoms with E-state index in [1.54, 1.807) is 6.92 Å². The standard InChI is InChI=1S/C9H9ClN4O2S/c1-6-12-8(14-4-7(10)11-5-14)3-9(13-6)17(2,15)16/h3-5H,1-2H3. The van der Waals surface area contributed by atoms with Crippen molar-refractivity contribution in [2.45, 2.75) is 11.9 Å². The molecule has 0 aliphatic heterocycles. The molecule has 0 amide bonds. The van der Waals surface area contributed by atoms with E-state index in [0.29, 0.717) is 16.8 Å². The van der Waals surface area contributed by atoms with Crippen molar-refractivity contribution in [1.29, 1.82) is 0 Å². The monoisotopic (exact) mass is 272 g/mol. The number of imidazole rings is 1. The molecule has 8 heteroatoms. The van der Waals surface area contributed by atoms with Crippen LogP contribution in [0.15, 0.2) is 23.6 Å². The van der Waals surface area contributed by atoms with Gasteiger partial charge in [0.25, 0.3) is 0 Å². The lowest BCUT2D eigenvalue weighted by atomic mass is 10.5. The Morgan fingerprint density at radius 2 is 2.06 bits per heavy atom. The highest BCUT2D eigenvalue weighted by molar-refractivity contribution is 7.90. The second-order valence-electron chi connectivity index (χ2n) is 3.49. The SMILES string of the molecule is Cc1nc(-n2cnc(Cl)c2)cc(S(C)(=O)=O)n1. The molecule has 0 atom stereocenters. The van der Waals surface area contributed by atoms with Crippen LogP contribution in [0.5, 0.6) is 0 Å². The van der Waals surface area contributed by atoms with Gasteiger partial charge < -0.3 is 0 Å². The van der Waals surface area contributed by atoms with E-state index in [4.69, 9.17) is 11.6 Å². The number of sulfone groups is 1. The maximum absolute atomic E-state index is 11.4. The van der Waals surface area contributed by atoms with Crippen molar-refractivity contribution >= 4 is 21.4 Å². The number of halogens is 1. The summed E-state index contributed by atoms with van der Waals surface area (Å²) in [5, 5.41) is 0.284. The van der Waals surface area contributed by atoms with Crippen LogP contribution in [0.2, 0.25) is 5.15 Å². The van der Waals surface area contributed by atoms with Crippen LogP contribution in [0.3, 0.4) is 0 Å². The Labute approximate surface area is 103 Å². The van der Waals surface area contributed by atoms with Gasteiger partial charge >= 0.3 is 0 Å². The molecule has 0 aliphatic carbocycles. The highest BCUT2D eigenvalue weighted by Crippen LogP contribution is 2.13. The largest absolute Gasteiger partial charge is 0.289 e. The zero-order valence-corrected chi connectivity index (χ0v) is 10.7. The molecule has 0 saturated carbocycles. The van der Waals surface area contributed by atoms with Crippen LogP contribution in [0.1, 0.15) is 5.82 Å². The summed E-state index contributed by atoms with van der Waals surface area (Å²) in [4.78, 5) is 11.8. The van der Waals surface area contributed by atoms with Crippen molar-refractivity contribution in [2.75, 3.05) is 6.26 Å². The molecule has 6 nitrogen and oxygen atoms in total. The predicted molar refractivity (Wildman–Crippen MR) is 62.0 cm³/mol. The minimum Gasteiger partial charge on any atom is -0.289 e. The van der Waals surface area contributed by atoms with Crippen LogP contribution in [0, 0.1) is 6.92 Å². The molecule has 2 aromatic rings. The van der Waals surface area contributed by atoms with Gasteiger partial charge in [0, 0.05) is 18.5 Å². The van der Waals surface area contributed by atoms with E-state index in [1.807, 2.05) is 0 Å². The lowest BCUT2D eigenvalue weighted by Gasteiger charge is -2.04. The smallest absolute Gasteiger partial charge is 0.192 e. The summed E-state index contributed by atoms with van der Waals surface area (Å²) < 4.78 is 24.4. The van der Waals surface area contributed by atoms with Crippen LogP contribution >= 0.6 is 11.6 Å². The fraction of sp³-hybridized carbons (Fsp3) is 0.222. The van der Waals surface area contributed by atoms with Gasteiger partial charge in [0.15, 0.2) is 14.9 Å². The minimum absolute atomic E-state index is 0.0233. The van der Waals surface area contributed by atoms with Crippen LogP contribution in [0.25, 0.3) is 5.82 Å². The van der Waals surface area contributed by atoms with Crippen molar-refractivity contribution in [3.8, 4) is 5.82 Å². The summed E-state index contributed by atoms with van der Waals surface area (Å²) in [7, 11) is -3.37. The van der Waals surface area contributed by atoms with Crippen molar-refractivity contribution < 1.29 is 8.42 Å². The molecular formula is C9H9ClN4O2S. The van der Waals surface area contributed by atoms with Crippen LogP contribution in [-0.4, -0.2) is 34.2 Å². The van der Waals surface area contributed by atoms with Crippen molar-refractivity contribution in [3.05, 3.63) is 29.6 Å². The Balaban J connectivity index is 2.60. The van der Waals surface area contributed by atoms with Gasteiger partial charge in [-0.05, 0) is 6.92 Å². The molecule has 0 N–H and O–H groups in total. The van der Waals surface area contributed by atoms with Crippen molar-refractivity contribution in [1.82, 2.24) is 19.5 Å². The molecule has 2 aromatic heterocycles. The van der Waals surface area contributed by atoms with E-state index in [-0.39, 0.29) is 5.03 Å². The van der Waals surface area contributed by atoms with E-state index in [1.165, 1.54) is 23.2 Å². The summed E-state index contributed by atoms with van der Waals surface area (Å²) in [6.07, 6.45) is 4.09. The molecule has 0 spiro atoms. The molecule has 0 radical (unpaired) electrons. The average molecular weight is 273 g/mol. The first-order valence-electron chi connectivity index (χ1n) is 4.62. The first kappa shape index (κ1) is 12.0. The molecule has 0 aliphatic rings. The number of rotatable bonds is 2. The maximum atomic E-state index is 11.4. The molecule has 0 unspecified atom stereocenters. The third-order valence-corrected chi connectivity index (χ3v) is 3.16. The second-order valence-corrected chi connectivity index (χ2v) is 5.84. The molecular weight excluding hydrogens is 264 g/mol. The zero-order chi connectivity index (χ0) is 12.6. The van der Waals surface area contributed by atoms with E-state index >= 15 is 0 Å². The number of hydrogen-bond acceptors (Lipinski definition) is 5. The maximum Gasteiger partial charge on any atom is 0.192 e. The molecule has 17 heavy (non-hydrogen) atoms. The Morgan fingerprint density at radius 1 is 1.35 bits per heavy atom. The Kier molecular flexibility index (Phi) is 2.88. The third kappa shape index (κ3) is 2.62. The molecule has 2 rings (SSSR count). The van der Waals surface area contributed by atoms with Crippen molar-refractivity contribution in [3.63, 3.8) is 0 Å². The van der Waals surface area contributed by atoms with E-state index in [0.717, 1.165) is 6.26 Å². The van der Waals surface area contributed by atoms with Crippen molar-refractivity contribution in [2.24, 2.45) is 0 Å². The Hall–Kier alpha value is -1.47. The van der Waals surface area contributed by atoms with Gasteiger partial charge in [-0.1, -0.05) is 11.6 Å². The van der Waals surface area contributed by atoms with E-state index in [9.17, 15) is 8.42 Å². The second kappa shape index (κ2) is 4.08. The fourth-order valence-corrected chi connectivity index (χ4v) is 2.04. The zero-order valence-electron chi connectivity index (χ0n) is 9.12. The van der Waals surface area contributed by atoms with Crippen LogP contribution in [-0.2, 0) is 9.84 Å². The highest BCUT2D eigenvalue weighted by atomic mass is 35.5. The van der Waals surface area contributed by atoms with Gasteiger partial charge in [0.05, 0.1) is 0 Å². The quantitative estimate of drug-likeness (QED) is 0.763. The summed E-state index contributed by atoms with van der Waals surface area (Å²) in [6, 6.07) is 1.38. The summed E-state index contributed by atoms with van der Waals surface area (Å²) in [6.45, 7) is 1.62. The molecule has 0 saturated heterocycles. The van der Waals surface area contributed by atoms with Gasteiger partial charge in [-0.25, -0.2) is 23.4 Å². The predicted octanol–water partition coefficient (Wildman–Crippen LogP) is 1.03. The number of nitrogens with zero attached hydrogens (tertiary/aromatic N) is 4. The van der Waals surface area contributed by atoms with Gasteiger partial charge in [-0.3, -0.25) is 4.57 Å². The van der Waals surface area contributed by atoms with E-state index < -0.39 is 9.84 Å². The number of aromatic nitrogens is 4. The lowest BCUT2D eigenvalue weighted by Crippen LogP contribution is -2.06. The molecule has 0 aromatic carbocycles. The van der Waals surface area contributed by atoms with Gasteiger partial charge in [0.2, 0.25) is 0 Å². The molecule has 0 fully saturated rings. The first-order valence-corrected chi connectivity index (χ1v) is 6.89. The number of aryl methyl sites for hydroxylation is 1. The average Bonchev–Trinajstić information content (AvgIpc) is 2.62. The highest BCUT2D eigenvalue weighted by Gasteiger charge is 2.12. The van der Waals surface area contributed by atoms with Crippen LogP contribution < -0.4 is 0 Å². The lowest BCUT2D eigenvalue weighted by molar-refractivity contribution is 0.597. The minimum atomic E-state index is -3.37. The van der Waals surface area contributed by atoms with Gasteiger partial charge in [-0.2, -0.15) is 0 Å². The van der Waals surface area contributed by atoms with Crippen LogP contribution in [0.4, 0.5) is 0 Å². The fourth-order valence-electron chi connectivity index (χ4n) is 1.27. The third-order valence-electron chi connectivity index (χ3n) is 2.00. The summed E-state index contributed by atoms with van der Waals surface area (Å²) in [5.41, 5.74) is 0. The Morgan fingerprint density at radius 3 is 2.59 bits per heavy atom. The van der Waals surface area contributed by atoms with E-state index in [2.05, 4.69) is 15.0 Å². The summed E-state index contributed by atoms with van der Waals surface area (Å²) in [5.74, 6) is 0.782. The molecule has 90 valence electrons. The normalized spacial score (nSPS) is 11.7. The summed E-state index contributed by atoms with van der Waals surface area (Å²) >= 11 is 5.69. The van der Waals surface area contributed by atoms with Gasteiger partial charge in [-0.15, -0.1) is 0 Å². The topological polar surface area (TPSA) is 77.7 Å². The number of hydrogen-bond donors (Lipinski definition) is 0. The van der Waals surface area contributed by atoms with Gasteiger partial charge in [0.1, 0.15) is 23.1 Å². The molecule has 2 heterocycles.